The van der Waals surface area contributed by atoms with Crippen molar-refractivity contribution in [3.05, 3.63) is 62.6 Å². The van der Waals surface area contributed by atoms with Gasteiger partial charge in [0.05, 0.1) is 22.9 Å². The van der Waals surface area contributed by atoms with Crippen LogP contribution in [0.25, 0.3) is 0 Å². The maximum atomic E-state index is 13.3. The molecule has 42 heavy (non-hydrogen) atoms. The summed E-state index contributed by atoms with van der Waals surface area (Å²) in [5.74, 6) is -4.48. The lowest BCUT2D eigenvalue weighted by atomic mass is 9.83. The number of sulfonamides is 1. The quantitative estimate of drug-likeness (QED) is 0.241. The second-order valence-corrected chi connectivity index (χ2v) is 13.0. The number of carbonyl (C=O) groups is 4. The summed E-state index contributed by atoms with van der Waals surface area (Å²) in [6, 6.07) is 9.95. The van der Waals surface area contributed by atoms with Gasteiger partial charge >= 0.3 is 10.8 Å². The maximum absolute atomic E-state index is 13.3. The van der Waals surface area contributed by atoms with Gasteiger partial charge in [0.2, 0.25) is 21.8 Å². The molecule has 0 radical (unpaired) electrons. The van der Waals surface area contributed by atoms with Crippen LogP contribution in [0.4, 0.5) is 5.69 Å². The molecule has 2 aromatic carbocycles. The van der Waals surface area contributed by atoms with Crippen LogP contribution >= 0.6 is 23.1 Å². The molecule has 1 saturated heterocycles. The molecule has 2 aliphatic heterocycles. The number of primary sulfonamides is 1. The van der Waals surface area contributed by atoms with Gasteiger partial charge in [-0.25, -0.2) is 13.6 Å². The van der Waals surface area contributed by atoms with E-state index in [1.165, 1.54) is 37.4 Å². The summed E-state index contributed by atoms with van der Waals surface area (Å²) in [7, 11) is -2.51. The molecule has 0 saturated carbocycles. The van der Waals surface area contributed by atoms with Crippen molar-refractivity contribution in [3.8, 4) is 11.5 Å². The van der Waals surface area contributed by atoms with E-state index in [1.807, 2.05) is 0 Å². The van der Waals surface area contributed by atoms with Crippen LogP contribution in [0.2, 0.25) is 0 Å². The van der Waals surface area contributed by atoms with Gasteiger partial charge in [0.25, 0.3) is 5.91 Å². The molecular weight excluding hydrogens is 612 g/mol. The molecule has 0 aliphatic carbocycles. The number of methoxy groups -OCH3 is 1. The molecule has 14 nitrogen and oxygen atoms in total. The normalized spacial score (nSPS) is 19.7. The van der Waals surface area contributed by atoms with Crippen LogP contribution in [0.5, 0.6) is 11.5 Å². The molecule has 1 aromatic heterocycles. The fourth-order valence-electron chi connectivity index (χ4n) is 4.79. The Labute approximate surface area is 245 Å². The third-order valence-electron chi connectivity index (χ3n) is 6.58. The number of nitrogens with zero attached hydrogens (tertiary/aromatic N) is 1. The number of H-pyrrole nitrogens is 1. The molecule has 1 fully saturated rings. The van der Waals surface area contributed by atoms with E-state index in [0.29, 0.717) is 21.2 Å². The number of amides is 3. The minimum absolute atomic E-state index is 0.109. The number of aliphatic carboxylic acids is 1. The van der Waals surface area contributed by atoms with E-state index >= 15 is 0 Å². The van der Waals surface area contributed by atoms with E-state index < -0.39 is 64.0 Å². The molecule has 3 amide bonds. The molecular formula is C25H22N4O10S3. The zero-order valence-corrected chi connectivity index (χ0v) is 24.0. The first-order valence-electron chi connectivity index (χ1n) is 12.1. The summed E-state index contributed by atoms with van der Waals surface area (Å²) < 4.78 is 33.9. The van der Waals surface area contributed by atoms with Crippen LogP contribution in [-0.4, -0.2) is 72.6 Å². The molecule has 2 aliphatic rings. The summed E-state index contributed by atoms with van der Waals surface area (Å²) in [4.78, 5) is 65.8. The van der Waals surface area contributed by atoms with Crippen molar-refractivity contribution in [1.29, 1.82) is 0 Å². The largest absolute Gasteiger partial charge is 0.493 e. The molecule has 5 rings (SSSR count). The van der Waals surface area contributed by atoms with Crippen molar-refractivity contribution in [2.24, 2.45) is 11.1 Å². The Bertz CT molecular complexity index is 1770. The lowest BCUT2D eigenvalue weighted by Gasteiger charge is -2.30. The van der Waals surface area contributed by atoms with E-state index in [-0.39, 0.29) is 21.3 Å². The fourth-order valence-corrected chi connectivity index (χ4v) is 7.84. The molecule has 220 valence electrons. The predicted molar refractivity (Wildman–Crippen MR) is 149 cm³/mol. The van der Waals surface area contributed by atoms with Gasteiger partial charge < -0.3 is 24.9 Å². The Kier molecular flexibility index (Phi) is 7.84. The number of carboxylic acid groups (broad SMARTS) is 1. The topological polar surface area (TPSA) is 215 Å². The van der Waals surface area contributed by atoms with Gasteiger partial charge in [0.15, 0.2) is 18.1 Å². The zero-order valence-electron chi connectivity index (χ0n) is 21.6. The van der Waals surface area contributed by atoms with E-state index in [9.17, 15) is 37.5 Å². The highest BCUT2D eigenvalue weighted by atomic mass is 32.2. The molecule has 0 bridgehead atoms. The Morgan fingerprint density at radius 2 is 1.81 bits per heavy atom. The van der Waals surface area contributed by atoms with Gasteiger partial charge in [-0.3, -0.25) is 28.9 Å². The molecule has 17 heteroatoms. The molecule has 3 aromatic rings. The minimum atomic E-state index is -3.88. The van der Waals surface area contributed by atoms with Gasteiger partial charge in [-0.2, -0.15) is 0 Å². The number of likely N-dealkylation sites (tertiary alicyclic amines) is 1. The van der Waals surface area contributed by atoms with Crippen molar-refractivity contribution >= 4 is 62.5 Å². The first-order valence-corrected chi connectivity index (χ1v) is 15.3. The Morgan fingerprint density at radius 3 is 2.45 bits per heavy atom. The number of nitrogens with one attached hydrogen (secondary N) is 2. The number of carboxylic acids is 1. The van der Waals surface area contributed by atoms with Crippen molar-refractivity contribution in [2.75, 3.05) is 25.6 Å². The van der Waals surface area contributed by atoms with Crippen LogP contribution in [-0.2, 0) is 29.2 Å². The van der Waals surface area contributed by atoms with Gasteiger partial charge in [-0.1, -0.05) is 29.2 Å². The SMILES string of the molecule is COc1cc([C@H]2c3sc(=O)[nH]c3SC3C(=O)N(CC(=O)O)C(=O)C32)ccc1OCC(=O)Nc1ccc(S(N)(=O)=O)cc1. The number of ether oxygens (including phenoxy) is 2. The van der Waals surface area contributed by atoms with Gasteiger partial charge in [-0.05, 0) is 42.0 Å². The van der Waals surface area contributed by atoms with Crippen molar-refractivity contribution in [3.63, 3.8) is 0 Å². The number of hydrogen-bond acceptors (Lipinski definition) is 11. The summed E-state index contributed by atoms with van der Waals surface area (Å²) in [5.41, 5.74) is 0.834. The van der Waals surface area contributed by atoms with Crippen LogP contribution in [0.15, 0.2) is 57.2 Å². The lowest BCUT2D eigenvalue weighted by molar-refractivity contribution is -0.149. The first-order chi connectivity index (χ1) is 19.9. The number of aromatic nitrogens is 1. The number of fused-ring (bicyclic) bond motifs is 2. The minimum Gasteiger partial charge on any atom is -0.493 e. The van der Waals surface area contributed by atoms with Gasteiger partial charge in [-0.15, -0.1) is 0 Å². The Balaban J connectivity index is 1.37. The van der Waals surface area contributed by atoms with Gasteiger partial charge in [0.1, 0.15) is 11.8 Å². The second-order valence-electron chi connectivity index (χ2n) is 9.22. The molecule has 2 unspecified atom stereocenters. The fraction of sp³-hybridized carbons (Fsp3) is 0.240. The van der Waals surface area contributed by atoms with E-state index in [4.69, 9.17) is 14.6 Å². The zero-order chi connectivity index (χ0) is 30.3. The van der Waals surface area contributed by atoms with Crippen LogP contribution < -0.4 is 24.8 Å². The van der Waals surface area contributed by atoms with Crippen molar-refractivity contribution < 1.29 is 42.2 Å². The summed E-state index contributed by atoms with van der Waals surface area (Å²) >= 11 is 1.93. The average Bonchev–Trinajstić information content (AvgIpc) is 3.42. The van der Waals surface area contributed by atoms with Crippen LogP contribution in [0.3, 0.4) is 0 Å². The van der Waals surface area contributed by atoms with E-state index in [2.05, 4.69) is 10.3 Å². The number of anilines is 1. The number of imide groups is 1. The van der Waals surface area contributed by atoms with Crippen molar-refractivity contribution in [1.82, 2.24) is 9.88 Å². The molecule has 5 N–H and O–H groups in total. The number of rotatable bonds is 9. The highest BCUT2D eigenvalue weighted by molar-refractivity contribution is 8.00. The smallest absolute Gasteiger partial charge is 0.323 e. The first kappa shape index (κ1) is 29.3. The summed E-state index contributed by atoms with van der Waals surface area (Å²) in [6.07, 6.45) is 0. The third-order valence-corrected chi connectivity index (χ3v) is 9.91. The predicted octanol–water partition coefficient (Wildman–Crippen LogP) is 0.786. The second kappa shape index (κ2) is 11.2. The molecule has 3 heterocycles. The lowest BCUT2D eigenvalue weighted by Crippen LogP contribution is -2.36. The maximum Gasteiger partial charge on any atom is 0.323 e. The number of carbonyl (C=O) groups excluding carboxylic acids is 3. The van der Waals surface area contributed by atoms with Crippen LogP contribution in [0.1, 0.15) is 16.4 Å². The number of aromatic amines is 1. The van der Waals surface area contributed by atoms with E-state index in [0.717, 1.165) is 28.0 Å². The third kappa shape index (κ3) is 5.63. The van der Waals surface area contributed by atoms with Crippen molar-refractivity contribution in [2.45, 2.75) is 21.1 Å². The monoisotopic (exact) mass is 634 g/mol. The number of hydrogen-bond donors (Lipinski definition) is 4. The van der Waals surface area contributed by atoms with Crippen LogP contribution in [0, 0.1) is 5.92 Å². The number of thioether (sulfide) groups is 1. The van der Waals surface area contributed by atoms with Gasteiger partial charge in [0, 0.05) is 16.5 Å². The summed E-state index contributed by atoms with van der Waals surface area (Å²) in [6.45, 7) is -1.20. The Morgan fingerprint density at radius 1 is 1.10 bits per heavy atom. The average molecular weight is 635 g/mol. The number of nitrogens with two attached hydrogens (primary N) is 1. The highest BCUT2D eigenvalue weighted by Gasteiger charge is 2.56. The number of benzene rings is 2. The molecule has 3 atom stereocenters. The number of thiazole rings is 1. The van der Waals surface area contributed by atoms with E-state index in [1.54, 1.807) is 12.1 Å². The standard InChI is InChI=1S/C25H22N4O10S3/c1-38-15-8-11(2-7-14(15)39-10-16(30)27-12-3-5-13(6-4-12)42(26,36)37)18-19-21(40-22-20(18)41-25(35)28-22)24(34)29(23(19)33)9-17(31)32/h2-8,18-19,21H,9-10H2,1H3,(H,27,30)(H,28,35)(H,31,32)(H2,26,36,37)/t18-,19?,21?/m1/s1. The molecule has 0 spiro atoms. The summed E-state index contributed by atoms with van der Waals surface area (Å²) in [5, 5.41) is 16.4. The Hall–Kier alpha value is -4.19. The highest BCUT2D eigenvalue weighted by Crippen LogP contribution is 2.53.